The van der Waals surface area contributed by atoms with Gasteiger partial charge in [-0.3, -0.25) is 19.1 Å². The van der Waals surface area contributed by atoms with E-state index in [-0.39, 0.29) is 29.8 Å². The van der Waals surface area contributed by atoms with Gasteiger partial charge in [0.2, 0.25) is 5.91 Å². The molecule has 0 fully saturated rings. The van der Waals surface area contributed by atoms with E-state index in [1.807, 2.05) is 45.0 Å². The van der Waals surface area contributed by atoms with Crippen molar-refractivity contribution >= 4 is 33.3 Å². The molecule has 0 unspecified atom stereocenters. The van der Waals surface area contributed by atoms with Gasteiger partial charge in [-0.05, 0) is 30.0 Å². The summed E-state index contributed by atoms with van der Waals surface area (Å²) in [5.41, 5.74) is 5.89. The summed E-state index contributed by atoms with van der Waals surface area (Å²) >= 11 is 3.38. The molecule has 0 spiro atoms. The number of carbonyl (C=O) groups is 1. The summed E-state index contributed by atoms with van der Waals surface area (Å²) in [5, 5.41) is 0. The first kappa shape index (κ1) is 21.9. The summed E-state index contributed by atoms with van der Waals surface area (Å²) in [6, 6.07) is 7.44. The van der Waals surface area contributed by atoms with Crippen LogP contribution in [0.4, 0.5) is 11.5 Å². The van der Waals surface area contributed by atoms with E-state index in [1.54, 1.807) is 0 Å². The largest absolute Gasteiger partial charge is 0.383 e. The first-order valence-corrected chi connectivity index (χ1v) is 10.2. The maximum Gasteiger partial charge on any atom is 0.330 e. The maximum atomic E-state index is 13.0. The van der Waals surface area contributed by atoms with Crippen LogP contribution in [0.1, 0.15) is 39.2 Å². The minimum absolute atomic E-state index is 0.0303. The molecule has 0 atom stereocenters. The molecular formula is C20H27BrN4O3. The number of unbranched alkanes of at least 4 members (excludes halogenated alkanes) is 1. The fourth-order valence-corrected chi connectivity index (χ4v) is 3.20. The Bertz CT molecular complexity index is 932. The molecule has 0 aliphatic rings. The number of nitrogens with two attached hydrogens (primary N) is 1. The molecule has 7 nitrogen and oxygen atoms in total. The highest BCUT2D eigenvalue weighted by Crippen LogP contribution is 2.20. The van der Waals surface area contributed by atoms with Gasteiger partial charge in [0.15, 0.2) is 5.69 Å². The van der Waals surface area contributed by atoms with Crippen molar-refractivity contribution in [2.45, 2.75) is 46.6 Å². The number of nitrogens with zero attached hydrogens (tertiary/aromatic N) is 2. The van der Waals surface area contributed by atoms with E-state index in [0.717, 1.165) is 16.5 Å². The molecule has 2 rings (SSSR count). The Morgan fingerprint density at radius 3 is 2.46 bits per heavy atom. The normalized spacial score (nSPS) is 11.0. The van der Waals surface area contributed by atoms with E-state index >= 15 is 0 Å². The zero-order valence-electron chi connectivity index (χ0n) is 16.5. The highest BCUT2D eigenvalue weighted by molar-refractivity contribution is 9.10. The van der Waals surface area contributed by atoms with Crippen LogP contribution in [-0.2, 0) is 17.8 Å². The molecule has 1 aromatic carbocycles. The first-order valence-electron chi connectivity index (χ1n) is 9.42. The fraction of sp³-hybridized carbons (Fsp3) is 0.450. The minimum Gasteiger partial charge on any atom is -0.383 e. The molecule has 0 aliphatic heterocycles. The predicted octanol–water partition coefficient (Wildman–Crippen LogP) is 2.91. The monoisotopic (exact) mass is 450 g/mol. The van der Waals surface area contributed by atoms with Crippen molar-refractivity contribution in [3.05, 3.63) is 55.1 Å². The number of nitrogens with one attached hydrogen (secondary N) is 1. The van der Waals surface area contributed by atoms with Gasteiger partial charge in [-0.2, -0.15) is 0 Å². The molecule has 0 saturated carbocycles. The smallest absolute Gasteiger partial charge is 0.330 e. The number of nitrogen functional groups attached to an aromatic ring is 1. The maximum absolute atomic E-state index is 13.0. The number of rotatable bonds is 8. The third kappa shape index (κ3) is 5.34. The third-order valence-electron chi connectivity index (χ3n) is 4.34. The van der Waals surface area contributed by atoms with E-state index in [9.17, 15) is 14.4 Å². The molecule has 0 radical (unpaired) electrons. The number of aromatic nitrogens is 2. The first-order chi connectivity index (χ1) is 13.2. The summed E-state index contributed by atoms with van der Waals surface area (Å²) in [7, 11) is 0. The van der Waals surface area contributed by atoms with Gasteiger partial charge in [0.1, 0.15) is 5.82 Å². The van der Waals surface area contributed by atoms with Crippen LogP contribution in [0.3, 0.4) is 0 Å². The zero-order chi connectivity index (χ0) is 20.8. The summed E-state index contributed by atoms with van der Waals surface area (Å²) in [4.78, 5) is 41.5. The number of H-pyrrole nitrogens is 1. The number of anilines is 2. The lowest BCUT2D eigenvalue weighted by Crippen LogP contribution is -2.42. The van der Waals surface area contributed by atoms with Gasteiger partial charge in [0, 0.05) is 17.6 Å². The van der Waals surface area contributed by atoms with E-state index in [4.69, 9.17) is 5.73 Å². The zero-order valence-corrected chi connectivity index (χ0v) is 18.1. The molecule has 8 heteroatoms. The Labute approximate surface area is 172 Å². The standard InChI is InChI=1S/C20H27BrN4O3/c1-4-5-10-24(16(26)11-14-6-8-15(21)9-7-14)17-18(22)25(12-13(2)3)20(28)23-19(17)27/h6-9,13H,4-5,10-12,22H2,1-3H3,(H,23,27,28). The second-order valence-corrected chi connectivity index (χ2v) is 8.12. The molecule has 2 aromatic rings. The lowest BCUT2D eigenvalue weighted by molar-refractivity contribution is -0.118. The van der Waals surface area contributed by atoms with Gasteiger partial charge >= 0.3 is 5.69 Å². The van der Waals surface area contributed by atoms with Crippen molar-refractivity contribution in [2.75, 3.05) is 17.2 Å². The van der Waals surface area contributed by atoms with Crippen LogP contribution in [0.2, 0.25) is 0 Å². The Morgan fingerprint density at radius 2 is 1.89 bits per heavy atom. The number of hydrogen-bond donors (Lipinski definition) is 2. The van der Waals surface area contributed by atoms with Crippen LogP contribution in [0.5, 0.6) is 0 Å². The summed E-state index contributed by atoms with van der Waals surface area (Å²) in [6.07, 6.45) is 1.71. The molecule has 0 bridgehead atoms. The van der Waals surface area contributed by atoms with E-state index in [1.165, 1.54) is 9.47 Å². The van der Waals surface area contributed by atoms with Gasteiger partial charge in [-0.15, -0.1) is 0 Å². The lowest BCUT2D eigenvalue weighted by Gasteiger charge is -2.25. The van der Waals surface area contributed by atoms with Crippen LogP contribution >= 0.6 is 15.9 Å². The van der Waals surface area contributed by atoms with E-state index in [0.29, 0.717) is 19.5 Å². The van der Waals surface area contributed by atoms with Crippen LogP contribution in [0, 0.1) is 5.92 Å². The Hall–Kier alpha value is -2.35. The molecule has 0 saturated heterocycles. The van der Waals surface area contributed by atoms with Gasteiger partial charge in [-0.1, -0.05) is 55.3 Å². The van der Waals surface area contributed by atoms with Crippen LogP contribution in [-0.4, -0.2) is 22.0 Å². The molecule has 28 heavy (non-hydrogen) atoms. The summed E-state index contributed by atoms with van der Waals surface area (Å²) < 4.78 is 2.25. The van der Waals surface area contributed by atoms with Gasteiger partial charge in [-0.25, -0.2) is 4.79 Å². The second-order valence-electron chi connectivity index (χ2n) is 7.20. The van der Waals surface area contributed by atoms with Crippen LogP contribution in [0.25, 0.3) is 0 Å². The Balaban J connectivity index is 2.46. The van der Waals surface area contributed by atoms with E-state index in [2.05, 4.69) is 20.9 Å². The number of benzene rings is 1. The number of aromatic amines is 1. The summed E-state index contributed by atoms with van der Waals surface area (Å²) in [5.74, 6) is -0.0493. The quantitative estimate of drug-likeness (QED) is 0.645. The molecule has 0 aliphatic carbocycles. The van der Waals surface area contributed by atoms with E-state index < -0.39 is 11.2 Å². The Morgan fingerprint density at radius 1 is 1.25 bits per heavy atom. The minimum atomic E-state index is -0.636. The average molecular weight is 451 g/mol. The van der Waals surface area contributed by atoms with Crippen LogP contribution in [0.15, 0.2) is 38.3 Å². The highest BCUT2D eigenvalue weighted by Gasteiger charge is 2.24. The molecule has 152 valence electrons. The van der Waals surface area contributed by atoms with Crippen molar-refractivity contribution < 1.29 is 4.79 Å². The fourth-order valence-electron chi connectivity index (χ4n) is 2.93. The number of hydrogen-bond acceptors (Lipinski definition) is 4. The van der Waals surface area contributed by atoms with Crippen molar-refractivity contribution in [3.8, 4) is 0 Å². The molecular weight excluding hydrogens is 424 g/mol. The van der Waals surface area contributed by atoms with Crippen molar-refractivity contribution in [3.63, 3.8) is 0 Å². The lowest BCUT2D eigenvalue weighted by atomic mass is 10.1. The Kier molecular flexibility index (Phi) is 7.62. The molecule has 1 heterocycles. The number of amides is 1. The van der Waals surface area contributed by atoms with Gasteiger partial charge < -0.3 is 10.6 Å². The van der Waals surface area contributed by atoms with Crippen molar-refractivity contribution in [1.82, 2.24) is 9.55 Å². The topological polar surface area (TPSA) is 101 Å². The van der Waals surface area contributed by atoms with Gasteiger partial charge in [0.25, 0.3) is 5.56 Å². The molecule has 1 amide bonds. The van der Waals surface area contributed by atoms with Crippen LogP contribution < -0.4 is 21.9 Å². The number of carbonyl (C=O) groups excluding carboxylic acids is 1. The number of halogens is 1. The molecule has 1 aromatic heterocycles. The summed E-state index contributed by atoms with van der Waals surface area (Å²) in [6.45, 7) is 6.62. The molecule has 3 N–H and O–H groups in total. The predicted molar refractivity (Wildman–Crippen MR) is 116 cm³/mol. The van der Waals surface area contributed by atoms with Gasteiger partial charge in [0.05, 0.1) is 6.42 Å². The highest BCUT2D eigenvalue weighted by atomic mass is 79.9. The third-order valence-corrected chi connectivity index (χ3v) is 4.87. The second kappa shape index (κ2) is 9.73. The SMILES string of the molecule is CCCCN(C(=O)Cc1ccc(Br)cc1)c1c(N)n(CC(C)C)c(=O)[nH]c1=O. The van der Waals surface area contributed by atoms with Crippen molar-refractivity contribution in [1.29, 1.82) is 0 Å². The average Bonchev–Trinajstić information content (AvgIpc) is 2.63. The van der Waals surface area contributed by atoms with Crippen molar-refractivity contribution in [2.24, 2.45) is 5.92 Å².